The average molecular weight is 378 g/mol. The van der Waals surface area contributed by atoms with Gasteiger partial charge in [0.1, 0.15) is 11.5 Å². The van der Waals surface area contributed by atoms with Crippen LogP contribution in [0.4, 0.5) is 5.69 Å². The Morgan fingerprint density at radius 1 is 1.31 bits per heavy atom. The Labute approximate surface area is 154 Å². The summed E-state index contributed by atoms with van der Waals surface area (Å²) >= 11 is 5.80. The van der Waals surface area contributed by atoms with Crippen molar-refractivity contribution < 1.29 is 19.6 Å². The van der Waals surface area contributed by atoms with Gasteiger partial charge in [-0.3, -0.25) is 14.9 Å². The zero-order valence-electron chi connectivity index (χ0n) is 14.0. The Morgan fingerprint density at radius 3 is 2.58 bits per heavy atom. The number of rotatable bonds is 6. The van der Waals surface area contributed by atoms with Gasteiger partial charge in [-0.25, -0.2) is 5.43 Å². The fourth-order valence-electron chi connectivity index (χ4n) is 1.90. The Hall–Kier alpha value is -3.13. The van der Waals surface area contributed by atoms with E-state index < -0.39 is 16.4 Å². The van der Waals surface area contributed by atoms with Gasteiger partial charge in [-0.2, -0.15) is 5.10 Å². The lowest BCUT2D eigenvalue weighted by molar-refractivity contribution is -0.384. The van der Waals surface area contributed by atoms with Crippen molar-refractivity contribution in [2.75, 3.05) is 0 Å². The minimum atomic E-state index is -1.24. The van der Waals surface area contributed by atoms with Gasteiger partial charge in [0.05, 0.1) is 11.1 Å². The Bertz CT molecular complexity index is 850. The highest BCUT2D eigenvalue weighted by molar-refractivity contribution is 6.30. The number of benzene rings is 2. The lowest BCUT2D eigenvalue weighted by atomic mass is 10.1. The van der Waals surface area contributed by atoms with Crippen molar-refractivity contribution in [3.63, 3.8) is 0 Å². The molecule has 0 atom stereocenters. The van der Waals surface area contributed by atoms with Gasteiger partial charge in [0.15, 0.2) is 5.60 Å². The molecule has 0 aromatic heterocycles. The molecular weight excluding hydrogens is 362 g/mol. The number of hydrazone groups is 1. The van der Waals surface area contributed by atoms with Crippen LogP contribution in [0.5, 0.6) is 11.5 Å². The number of nitrogens with one attached hydrogen (secondary N) is 1. The predicted molar refractivity (Wildman–Crippen MR) is 96.7 cm³/mol. The monoisotopic (exact) mass is 377 g/mol. The highest BCUT2D eigenvalue weighted by Gasteiger charge is 2.29. The number of carbonyl (C=O) groups excluding carboxylic acids is 1. The molecule has 1 amide bonds. The van der Waals surface area contributed by atoms with Crippen molar-refractivity contribution in [3.05, 3.63) is 63.2 Å². The van der Waals surface area contributed by atoms with Crippen molar-refractivity contribution >= 4 is 29.4 Å². The van der Waals surface area contributed by atoms with Crippen molar-refractivity contribution in [1.29, 1.82) is 0 Å². The Morgan fingerprint density at radius 2 is 1.96 bits per heavy atom. The summed E-state index contributed by atoms with van der Waals surface area (Å²) in [7, 11) is 0. The molecule has 0 saturated heterocycles. The number of ether oxygens (including phenoxy) is 1. The molecule has 26 heavy (non-hydrogen) atoms. The SMILES string of the molecule is CC(C)(Oc1ccc(Cl)cc1)C(=O)NN=Cc1cc([N+](=O)[O-])ccc1O. The van der Waals surface area contributed by atoms with Crippen LogP contribution in [-0.4, -0.2) is 27.8 Å². The molecule has 0 heterocycles. The molecule has 0 radical (unpaired) electrons. The largest absolute Gasteiger partial charge is 0.507 e. The smallest absolute Gasteiger partial charge is 0.283 e. The summed E-state index contributed by atoms with van der Waals surface area (Å²) in [6, 6.07) is 10.00. The van der Waals surface area contributed by atoms with Gasteiger partial charge in [-0.1, -0.05) is 11.6 Å². The van der Waals surface area contributed by atoms with E-state index in [0.717, 1.165) is 18.3 Å². The number of hydrogen-bond acceptors (Lipinski definition) is 6. The lowest BCUT2D eigenvalue weighted by Gasteiger charge is -2.24. The zero-order chi connectivity index (χ0) is 19.3. The molecule has 0 saturated carbocycles. The summed E-state index contributed by atoms with van der Waals surface area (Å²) in [6.07, 6.45) is 1.11. The third-order valence-corrected chi connectivity index (χ3v) is 3.58. The molecule has 0 aliphatic heterocycles. The van der Waals surface area contributed by atoms with Crippen molar-refractivity contribution in [1.82, 2.24) is 5.43 Å². The van der Waals surface area contributed by atoms with Crippen LogP contribution < -0.4 is 10.2 Å². The van der Waals surface area contributed by atoms with E-state index in [9.17, 15) is 20.0 Å². The third kappa shape index (κ3) is 4.93. The molecule has 0 fully saturated rings. The highest BCUT2D eigenvalue weighted by Crippen LogP contribution is 2.22. The van der Waals surface area contributed by atoms with Gasteiger partial charge in [0, 0.05) is 22.7 Å². The maximum Gasteiger partial charge on any atom is 0.283 e. The molecule has 2 aromatic rings. The summed E-state index contributed by atoms with van der Waals surface area (Å²) in [5, 5.41) is 24.7. The molecule has 8 nitrogen and oxygen atoms in total. The number of phenols is 1. The number of hydrogen-bond donors (Lipinski definition) is 2. The molecule has 0 spiro atoms. The first-order chi connectivity index (χ1) is 12.2. The minimum Gasteiger partial charge on any atom is -0.507 e. The summed E-state index contributed by atoms with van der Waals surface area (Å²) in [4.78, 5) is 22.4. The standard InChI is InChI=1S/C17H16ClN3O5/c1-17(2,26-14-6-3-12(18)4-7-14)16(23)20-19-10-11-9-13(21(24)25)5-8-15(11)22/h3-10,22H,1-2H3,(H,20,23). The highest BCUT2D eigenvalue weighted by atomic mass is 35.5. The van der Waals surface area contributed by atoms with E-state index in [-0.39, 0.29) is 17.0 Å². The number of aromatic hydroxyl groups is 1. The number of phenolic OH excluding ortho intramolecular Hbond substituents is 1. The van der Waals surface area contributed by atoms with Gasteiger partial charge < -0.3 is 9.84 Å². The zero-order valence-corrected chi connectivity index (χ0v) is 14.7. The fraction of sp³-hybridized carbons (Fsp3) is 0.176. The van der Waals surface area contributed by atoms with Gasteiger partial charge in [0.2, 0.25) is 0 Å². The third-order valence-electron chi connectivity index (χ3n) is 3.33. The number of non-ortho nitro benzene ring substituents is 1. The normalized spacial score (nSPS) is 11.3. The van der Waals surface area contributed by atoms with Gasteiger partial charge >= 0.3 is 0 Å². The quantitative estimate of drug-likeness (QED) is 0.455. The summed E-state index contributed by atoms with van der Waals surface area (Å²) < 4.78 is 5.61. The van der Waals surface area contributed by atoms with Gasteiger partial charge in [0.25, 0.3) is 11.6 Å². The van der Waals surface area contributed by atoms with Crippen LogP contribution in [0.1, 0.15) is 19.4 Å². The van der Waals surface area contributed by atoms with Crippen molar-refractivity contribution in [3.8, 4) is 11.5 Å². The molecule has 2 aromatic carbocycles. The number of nitro benzene ring substituents is 1. The van der Waals surface area contributed by atoms with Crippen LogP contribution >= 0.6 is 11.6 Å². The van der Waals surface area contributed by atoms with Gasteiger partial charge in [-0.05, 0) is 44.2 Å². The van der Waals surface area contributed by atoms with E-state index in [0.29, 0.717) is 10.8 Å². The first-order valence-electron chi connectivity index (χ1n) is 7.44. The van der Waals surface area contributed by atoms with Crippen LogP contribution in [0.2, 0.25) is 5.02 Å². The molecular formula is C17H16ClN3O5. The number of halogens is 1. The van der Waals surface area contributed by atoms with E-state index in [2.05, 4.69) is 10.5 Å². The van der Waals surface area contributed by atoms with Crippen molar-refractivity contribution in [2.24, 2.45) is 5.10 Å². The van der Waals surface area contributed by atoms with Crippen LogP contribution in [0.15, 0.2) is 47.6 Å². The molecule has 2 rings (SSSR count). The molecule has 136 valence electrons. The molecule has 0 bridgehead atoms. The first-order valence-corrected chi connectivity index (χ1v) is 7.82. The fourth-order valence-corrected chi connectivity index (χ4v) is 2.02. The van der Waals surface area contributed by atoms with E-state index >= 15 is 0 Å². The van der Waals surface area contributed by atoms with Crippen LogP contribution in [-0.2, 0) is 4.79 Å². The van der Waals surface area contributed by atoms with Crippen LogP contribution in [0.25, 0.3) is 0 Å². The topological polar surface area (TPSA) is 114 Å². The number of amides is 1. The van der Waals surface area contributed by atoms with E-state index in [1.165, 1.54) is 6.07 Å². The summed E-state index contributed by atoms with van der Waals surface area (Å²) in [5.74, 6) is -0.297. The van der Waals surface area contributed by atoms with Crippen molar-refractivity contribution in [2.45, 2.75) is 19.4 Å². The second-order valence-corrected chi connectivity index (χ2v) is 6.20. The lowest BCUT2D eigenvalue weighted by Crippen LogP contribution is -2.44. The molecule has 0 aliphatic carbocycles. The van der Waals surface area contributed by atoms with E-state index in [1.54, 1.807) is 38.1 Å². The van der Waals surface area contributed by atoms with Crippen LogP contribution in [0, 0.1) is 10.1 Å². The average Bonchev–Trinajstić information content (AvgIpc) is 2.58. The molecule has 9 heteroatoms. The molecule has 0 unspecified atom stereocenters. The van der Waals surface area contributed by atoms with E-state index in [4.69, 9.17) is 16.3 Å². The number of nitro groups is 1. The molecule has 2 N–H and O–H groups in total. The minimum absolute atomic E-state index is 0.0934. The second kappa shape index (κ2) is 7.83. The summed E-state index contributed by atoms with van der Waals surface area (Å²) in [5.41, 5.74) is 0.924. The number of nitrogens with zero attached hydrogens (tertiary/aromatic N) is 2. The first kappa shape index (κ1) is 19.2. The second-order valence-electron chi connectivity index (χ2n) is 5.77. The maximum atomic E-state index is 12.2. The maximum absolute atomic E-state index is 12.2. The predicted octanol–water partition coefficient (Wildman–Crippen LogP) is 3.26. The van der Waals surface area contributed by atoms with Gasteiger partial charge in [-0.15, -0.1) is 0 Å². The Balaban J connectivity index is 2.04. The Kier molecular flexibility index (Phi) is 5.78. The van der Waals surface area contributed by atoms with Crippen LogP contribution in [0.3, 0.4) is 0 Å². The molecule has 0 aliphatic rings. The van der Waals surface area contributed by atoms with E-state index in [1.807, 2.05) is 0 Å². The summed E-state index contributed by atoms with van der Waals surface area (Å²) in [6.45, 7) is 3.11. The number of carbonyl (C=O) groups is 1.